The van der Waals surface area contributed by atoms with Crippen LogP contribution in [-0.2, 0) is 6.54 Å². The number of nitrogens with zero attached hydrogens (tertiary/aromatic N) is 3. The number of thioether (sulfide) groups is 1. The Hall–Kier alpha value is -2.09. The lowest BCUT2D eigenvalue weighted by molar-refractivity contribution is 0.0950. The lowest BCUT2D eigenvalue weighted by Crippen LogP contribution is -2.25. The van der Waals surface area contributed by atoms with Gasteiger partial charge in [0.15, 0.2) is 11.0 Å². The van der Waals surface area contributed by atoms with E-state index in [-0.39, 0.29) is 23.8 Å². The summed E-state index contributed by atoms with van der Waals surface area (Å²) in [6, 6.07) is 10.6. The van der Waals surface area contributed by atoms with Gasteiger partial charge < -0.3 is 5.32 Å². The van der Waals surface area contributed by atoms with Gasteiger partial charge in [-0.05, 0) is 48.7 Å². The molecule has 3 aromatic rings. The topological polar surface area (TPSA) is 59.8 Å². The largest absolute Gasteiger partial charge is 0.345 e. The van der Waals surface area contributed by atoms with Crippen LogP contribution in [0.3, 0.4) is 0 Å². The van der Waals surface area contributed by atoms with E-state index in [1.54, 1.807) is 28.8 Å². The molecule has 0 aliphatic carbocycles. The van der Waals surface area contributed by atoms with Crippen molar-refractivity contribution < 1.29 is 9.18 Å². The first-order chi connectivity index (χ1) is 12.5. The predicted molar refractivity (Wildman–Crippen MR) is 101 cm³/mol. The molecular weight excluding hydrogens is 398 g/mol. The second kappa shape index (κ2) is 8.07. The van der Waals surface area contributed by atoms with Gasteiger partial charge in [0, 0.05) is 10.7 Å². The summed E-state index contributed by atoms with van der Waals surface area (Å²) >= 11 is 13.4. The Kier molecular flexibility index (Phi) is 5.80. The summed E-state index contributed by atoms with van der Waals surface area (Å²) in [5.74, 6) is -0.206. The molecule has 0 saturated carbocycles. The first kappa shape index (κ1) is 18.7. The van der Waals surface area contributed by atoms with E-state index in [1.807, 2.05) is 6.26 Å². The van der Waals surface area contributed by atoms with E-state index >= 15 is 0 Å². The van der Waals surface area contributed by atoms with Crippen molar-refractivity contribution in [2.45, 2.75) is 11.7 Å². The number of nitrogens with one attached hydrogen (secondary N) is 1. The lowest BCUT2D eigenvalue weighted by atomic mass is 10.2. The van der Waals surface area contributed by atoms with Crippen molar-refractivity contribution in [1.29, 1.82) is 0 Å². The second-order valence-corrected chi connectivity index (χ2v) is 6.84. The van der Waals surface area contributed by atoms with Gasteiger partial charge in [0.2, 0.25) is 0 Å². The zero-order valence-corrected chi connectivity index (χ0v) is 15.9. The van der Waals surface area contributed by atoms with Gasteiger partial charge in [-0.3, -0.25) is 9.36 Å². The van der Waals surface area contributed by atoms with E-state index in [4.69, 9.17) is 23.2 Å². The Bertz CT molecular complexity index is 946. The molecule has 5 nitrogen and oxygen atoms in total. The number of aromatic nitrogens is 3. The van der Waals surface area contributed by atoms with Crippen molar-refractivity contribution >= 4 is 40.9 Å². The number of hydrogen-bond acceptors (Lipinski definition) is 4. The van der Waals surface area contributed by atoms with Crippen LogP contribution in [0, 0.1) is 5.82 Å². The van der Waals surface area contributed by atoms with Gasteiger partial charge in [0.05, 0.1) is 17.1 Å². The Morgan fingerprint density at radius 1 is 1.19 bits per heavy atom. The number of carbonyl (C=O) groups is 1. The third-order valence-electron chi connectivity index (χ3n) is 3.55. The highest BCUT2D eigenvalue weighted by Crippen LogP contribution is 2.22. The zero-order valence-electron chi connectivity index (χ0n) is 13.5. The van der Waals surface area contributed by atoms with E-state index in [0.29, 0.717) is 26.7 Å². The molecule has 0 aliphatic rings. The standard InChI is InChI=1S/C17H13Cl2FN4OS/c1-26-17-23-22-15(24(17)12-5-3-11(20)4-6-12)9-21-16(25)13-8-10(18)2-7-14(13)19/h2-8H,9H2,1H3,(H,21,25). The summed E-state index contributed by atoms with van der Waals surface area (Å²) in [5.41, 5.74) is 0.975. The molecule has 0 bridgehead atoms. The summed E-state index contributed by atoms with van der Waals surface area (Å²) in [6.07, 6.45) is 1.86. The van der Waals surface area contributed by atoms with Crippen LogP contribution in [-0.4, -0.2) is 26.9 Å². The fraction of sp³-hybridized carbons (Fsp3) is 0.118. The van der Waals surface area contributed by atoms with Gasteiger partial charge in [-0.2, -0.15) is 0 Å². The van der Waals surface area contributed by atoms with Crippen LogP contribution in [0.1, 0.15) is 16.2 Å². The van der Waals surface area contributed by atoms with Crippen LogP contribution in [0.2, 0.25) is 10.0 Å². The molecule has 134 valence electrons. The Morgan fingerprint density at radius 2 is 1.92 bits per heavy atom. The maximum absolute atomic E-state index is 13.2. The van der Waals surface area contributed by atoms with Gasteiger partial charge in [-0.1, -0.05) is 35.0 Å². The Balaban J connectivity index is 1.84. The number of carbonyl (C=O) groups excluding carboxylic acids is 1. The minimum absolute atomic E-state index is 0.118. The molecule has 1 aromatic heterocycles. The smallest absolute Gasteiger partial charge is 0.253 e. The second-order valence-electron chi connectivity index (χ2n) is 5.22. The zero-order chi connectivity index (χ0) is 18.7. The van der Waals surface area contributed by atoms with E-state index < -0.39 is 0 Å². The highest BCUT2D eigenvalue weighted by atomic mass is 35.5. The highest BCUT2D eigenvalue weighted by molar-refractivity contribution is 7.98. The van der Waals surface area contributed by atoms with E-state index in [9.17, 15) is 9.18 Å². The highest BCUT2D eigenvalue weighted by Gasteiger charge is 2.16. The van der Waals surface area contributed by atoms with Crippen molar-refractivity contribution in [2.24, 2.45) is 0 Å². The normalized spacial score (nSPS) is 10.8. The van der Waals surface area contributed by atoms with Crippen molar-refractivity contribution in [3.8, 4) is 5.69 Å². The van der Waals surface area contributed by atoms with Crippen LogP contribution in [0.5, 0.6) is 0 Å². The maximum Gasteiger partial charge on any atom is 0.253 e. The molecule has 1 N–H and O–H groups in total. The first-order valence-corrected chi connectivity index (χ1v) is 9.45. The number of benzene rings is 2. The molecule has 26 heavy (non-hydrogen) atoms. The summed E-state index contributed by atoms with van der Waals surface area (Å²) in [4.78, 5) is 12.4. The monoisotopic (exact) mass is 410 g/mol. The van der Waals surface area contributed by atoms with Crippen LogP contribution >= 0.6 is 35.0 Å². The van der Waals surface area contributed by atoms with Gasteiger partial charge in [-0.25, -0.2) is 4.39 Å². The third kappa shape index (κ3) is 4.00. The summed E-state index contributed by atoms with van der Waals surface area (Å²) < 4.78 is 15.0. The fourth-order valence-corrected chi connectivity index (χ4v) is 3.21. The minimum atomic E-state index is -0.378. The molecule has 0 unspecified atom stereocenters. The minimum Gasteiger partial charge on any atom is -0.345 e. The molecule has 0 atom stereocenters. The third-order valence-corrected chi connectivity index (χ3v) is 4.74. The molecule has 1 amide bonds. The van der Waals surface area contributed by atoms with Gasteiger partial charge in [0.25, 0.3) is 5.91 Å². The van der Waals surface area contributed by atoms with Crippen molar-refractivity contribution in [3.63, 3.8) is 0 Å². The van der Waals surface area contributed by atoms with Crippen molar-refractivity contribution in [2.75, 3.05) is 6.26 Å². The molecule has 9 heteroatoms. The van der Waals surface area contributed by atoms with E-state index in [1.165, 1.54) is 30.0 Å². The Morgan fingerprint density at radius 3 is 2.62 bits per heavy atom. The van der Waals surface area contributed by atoms with E-state index in [0.717, 1.165) is 0 Å². The molecule has 2 aromatic carbocycles. The van der Waals surface area contributed by atoms with Gasteiger partial charge >= 0.3 is 0 Å². The molecular formula is C17H13Cl2FN4OS. The van der Waals surface area contributed by atoms with Crippen molar-refractivity contribution in [1.82, 2.24) is 20.1 Å². The summed E-state index contributed by atoms with van der Waals surface area (Å²) in [6.45, 7) is 0.118. The van der Waals surface area contributed by atoms with Crippen LogP contribution in [0.25, 0.3) is 5.69 Å². The number of halogens is 3. The molecule has 0 saturated heterocycles. The SMILES string of the molecule is CSc1nnc(CNC(=O)c2cc(Cl)ccc2Cl)n1-c1ccc(F)cc1. The fourth-order valence-electron chi connectivity index (χ4n) is 2.32. The molecule has 0 radical (unpaired) electrons. The van der Waals surface area contributed by atoms with Crippen LogP contribution in [0.15, 0.2) is 47.6 Å². The number of amides is 1. The molecule has 3 rings (SSSR count). The quantitative estimate of drug-likeness (QED) is 0.634. The number of hydrogen-bond donors (Lipinski definition) is 1. The average molecular weight is 411 g/mol. The van der Waals surface area contributed by atoms with E-state index in [2.05, 4.69) is 15.5 Å². The van der Waals surface area contributed by atoms with Gasteiger partial charge in [0.1, 0.15) is 5.82 Å². The number of rotatable bonds is 5. The lowest BCUT2D eigenvalue weighted by Gasteiger charge is -2.11. The average Bonchev–Trinajstić information content (AvgIpc) is 3.05. The first-order valence-electron chi connectivity index (χ1n) is 7.47. The van der Waals surface area contributed by atoms with Crippen molar-refractivity contribution in [3.05, 3.63) is 69.7 Å². The van der Waals surface area contributed by atoms with Crippen LogP contribution in [0.4, 0.5) is 4.39 Å². The maximum atomic E-state index is 13.2. The summed E-state index contributed by atoms with van der Waals surface area (Å²) in [7, 11) is 0. The molecule has 1 heterocycles. The molecule has 0 fully saturated rings. The Labute approximate surface area is 163 Å². The van der Waals surface area contributed by atoms with Crippen LogP contribution < -0.4 is 5.32 Å². The molecule has 0 spiro atoms. The molecule has 0 aliphatic heterocycles. The van der Waals surface area contributed by atoms with Gasteiger partial charge in [-0.15, -0.1) is 10.2 Å². The predicted octanol–water partition coefficient (Wildman–Crippen LogP) is 4.37. The summed E-state index contributed by atoms with van der Waals surface area (Å²) in [5, 5.41) is 12.3.